The summed E-state index contributed by atoms with van der Waals surface area (Å²) in [6.07, 6.45) is 0.899. The van der Waals surface area contributed by atoms with Gasteiger partial charge < -0.3 is 15.8 Å². The molecule has 2 atom stereocenters. The van der Waals surface area contributed by atoms with Gasteiger partial charge in [0, 0.05) is 18.3 Å². The number of carbonyl (C=O) groups is 1. The van der Waals surface area contributed by atoms with E-state index in [1.807, 2.05) is 0 Å². The Kier molecular flexibility index (Phi) is 6.68. The molecular weight excluding hydrogens is 288 g/mol. The molecule has 1 amide bonds. The number of hydrogen-bond donors (Lipinski definition) is 2. The van der Waals surface area contributed by atoms with Crippen LogP contribution in [0.5, 0.6) is 5.75 Å². The van der Waals surface area contributed by atoms with Gasteiger partial charge in [-0.3, -0.25) is 9.00 Å². The lowest BCUT2D eigenvalue weighted by atomic mass is 10.1. The lowest BCUT2D eigenvalue weighted by molar-refractivity contribution is -0.120. The molecule has 21 heavy (non-hydrogen) atoms. The summed E-state index contributed by atoms with van der Waals surface area (Å²) in [6, 6.07) is 4.90. The van der Waals surface area contributed by atoms with Crippen LogP contribution in [-0.4, -0.2) is 29.0 Å². The molecule has 5 nitrogen and oxygen atoms in total. The van der Waals surface area contributed by atoms with Gasteiger partial charge >= 0.3 is 0 Å². The van der Waals surface area contributed by atoms with Gasteiger partial charge in [-0.2, -0.15) is 0 Å². The third-order valence-electron chi connectivity index (χ3n) is 3.12. The van der Waals surface area contributed by atoms with Gasteiger partial charge in [0.1, 0.15) is 11.0 Å². The number of nitrogens with two attached hydrogens (primary N) is 1. The predicted octanol–water partition coefficient (Wildman–Crippen LogP) is 1.94. The SMILES string of the molecule is COc1cc(N)ccc1S(=O)C(C)C(=O)NCCC(C)C. The number of nitrogens with one attached hydrogen (secondary N) is 1. The lowest BCUT2D eigenvalue weighted by Crippen LogP contribution is -2.36. The van der Waals surface area contributed by atoms with E-state index in [2.05, 4.69) is 19.2 Å². The molecule has 3 N–H and O–H groups in total. The Bertz CT molecular complexity index is 518. The minimum absolute atomic E-state index is 0.215. The van der Waals surface area contributed by atoms with Gasteiger partial charge in [-0.15, -0.1) is 0 Å². The molecule has 0 radical (unpaired) electrons. The lowest BCUT2D eigenvalue weighted by Gasteiger charge is -2.15. The highest BCUT2D eigenvalue weighted by atomic mass is 32.2. The molecule has 0 heterocycles. The fraction of sp³-hybridized carbons (Fsp3) is 0.533. The number of amides is 1. The highest BCUT2D eigenvalue weighted by Gasteiger charge is 2.23. The zero-order valence-electron chi connectivity index (χ0n) is 13.0. The van der Waals surface area contributed by atoms with Crippen LogP contribution in [0.1, 0.15) is 27.2 Å². The molecule has 1 aromatic rings. The van der Waals surface area contributed by atoms with Crippen LogP contribution in [0.3, 0.4) is 0 Å². The first kappa shape index (κ1) is 17.5. The van der Waals surface area contributed by atoms with Crippen molar-refractivity contribution in [2.24, 2.45) is 5.92 Å². The van der Waals surface area contributed by atoms with E-state index in [0.717, 1.165) is 6.42 Å². The van der Waals surface area contributed by atoms with Gasteiger partial charge in [0.05, 0.1) is 22.8 Å². The van der Waals surface area contributed by atoms with Crippen molar-refractivity contribution in [2.75, 3.05) is 19.4 Å². The first-order valence-electron chi connectivity index (χ1n) is 6.98. The van der Waals surface area contributed by atoms with Gasteiger partial charge in [0.15, 0.2) is 0 Å². The summed E-state index contributed by atoms with van der Waals surface area (Å²) in [7, 11) is 0.00422. The molecule has 0 aliphatic carbocycles. The molecule has 6 heteroatoms. The van der Waals surface area contributed by atoms with Gasteiger partial charge in [-0.25, -0.2) is 0 Å². The zero-order chi connectivity index (χ0) is 16.0. The fourth-order valence-corrected chi connectivity index (χ4v) is 2.97. The maximum absolute atomic E-state index is 12.5. The van der Waals surface area contributed by atoms with E-state index in [1.54, 1.807) is 25.1 Å². The third kappa shape index (κ3) is 5.04. The van der Waals surface area contributed by atoms with Crippen LogP contribution in [0.2, 0.25) is 0 Å². The second-order valence-electron chi connectivity index (χ2n) is 5.32. The van der Waals surface area contributed by atoms with Crippen molar-refractivity contribution in [3.63, 3.8) is 0 Å². The monoisotopic (exact) mass is 312 g/mol. The quantitative estimate of drug-likeness (QED) is 0.754. The fourth-order valence-electron chi connectivity index (χ4n) is 1.77. The largest absolute Gasteiger partial charge is 0.495 e. The Morgan fingerprint density at radius 3 is 2.62 bits per heavy atom. The Labute approximate surface area is 128 Å². The van der Waals surface area contributed by atoms with Crippen LogP contribution < -0.4 is 15.8 Å². The molecule has 1 aromatic carbocycles. The zero-order valence-corrected chi connectivity index (χ0v) is 13.8. The summed E-state index contributed by atoms with van der Waals surface area (Å²) >= 11 is 0. The van der Waals surface area contributed by atoms with Crippen molar-refractivity contribution in [3.8, 4) is 5.75 Å². The van der Waals surface area contributed by atoms with Crippen molar-refractivity contribution in [2.45, 2.75) is 37.3 Å². The van der Waals surface area contributed by atoms with Crippen molar-refractivity contribution in [1.82, 2.24) is 5.32 Å². The Morgan fingerprint density at radius 2 is 2.05 bits per heavy atom. The van der Waals surface area contributed by atoms with Crippen molar-refractivity contribution < 1.29 is 13.7 Å². The summed E-state index contributed by atoms with van der Waals surface area (Å²) < 4.78 is 17.7. The third-order valence-corrected chi connectivity index (χ3v) is 4.74. The molecule has 0 saturated heterocycles. The van der Waals surface area contributed by atoms with Gasteiger partial charge in [0.2, 0.25) is 5.91 Å². The first-order valence-corrected chi connectivity index (χ1v) is 8.20. The smallest absolute Gasteiger partial charge is 0.235 e. The number of ether oxygens (including phenoxy) is 1. The van der Waals surface area contributed by atoms with Crippen LogP contribution in [0, 0.1) is 5.92 Å². The maximum Gasteiger partial charge on any atom is 0.235 e. The van der Waals surface area contributed by atoms with E-state index in [4.69, 9.17) is 10.5 Å². The van der Waals surface area contributed by atoms with Crippen LogP contribution in [0.25, 0.3) is 0 Å². The molecule has 0 aromatic heterocycles. The number of hydrogen-bond acceptors (Lipinski definition) is 4. The van der Waals surface area contributed by atoms with Crippen LogP contribution in [-0.2, 0) is 15.6 Å². The van der Waals surface area contributed by atoms with Crippen LogP contribution in [0.4, 0.5) is 5.69 Å². The normalized spacial score (nSPS) is 13.8. The molecular formula is C15H24N2O3S. The maximum atomic E-state index is 12.5. The molecule has 1 rings (SSSR count). The molecule has 0 aliphatic heterocycles. The summed E-state index contributed by atoms with van der Waals surface area (Å²) in [5.41, 5.74) is 6.20. The minimum atomic E-state index is -1.48. The van der Waals surface area contributed by atoms with E-state index in [0.29, 0.717) is 28.8 Å². The summed E-state index contributed by atoms with van der Waals surface area (Å²) in [6.45, 7) is 6.42. The van der Waals surface area contributed by atoms with Crippen LogP contribution in [0.15, 0.2) is 23.1 Å². The standard InChI is InChI=1S/C15H24N2O3S/c1-10(2)7-8-17-15(18)11(3)21(19)14-6-5-12(16)9-13(14)20-4/h5-6,9-11H,7-8,16H2,1-4H3,(H,17,18). The summed E-state index contributed by atoms with van der Waals surface area (Å²) in [5.74, 6) is 0.742. The molecule has 0 bridgehead atoms. The second-order valence-corrected chi connectivity index (χ2v) is 7.07. The predicted molar refractivity (Wildman–Crippen MR) is 85.7 cm³/mol. The Balaban J connectivity index is 2.76. The van der Waals surface area contributed by atoms with Crippen molar-refractivity contribution in [1.29, 1.82) is 0 Å². The number of anilines is 1. The van der Waals surface area contributed by atoms with E-state index < -0.39 is 16.0 Å². The van der Waals surface area contributed by atoms with E-state index >= 15 is 0 Å². The number of rotatable bonds is 7. The van der Waals surface area contributed by atoms with E-state index in [1.165, 1.54) is 7.11 Å². The number of carbonyl (C=O) groups excluding carboxylic acids is 1. The Hall–Kier alpha value is -1.56. The molecule has 0 spiro atoms. The van der Waals surface area contributed by atoms with Gasteiger partial charge in [-0.1, -0.05) is 13.8 Å². The highest BCUT2D eigenvalue weighted by molar-refractivity contribution is 7.86. The van der Waals surface area contributed by atoms with Crippen molar-refractivity contribution in [3.05, 3.63) is 18.2 Å². The molecule has 2 unspecified atom stereocenters. The minimum Gasteiger partial charge on any atom is -0.495 e. The first-order chi connectivity index (χ1) is 9.86. The van der Waals surface area contributed by atoms with Crippen molar-refractivity contribution >= 4 is 22.4 Å². The van der Waals surface area contributed by atoms with Crippen LogP contribution >= 0.6 is 0 Å². The topological polar surface area (TPSA) is 81.4 Å². The van der Waals surface area contributed by atoms with E-state index in [9.17, 15) is 9.00 Å². The molecule has 0 saturated carbocycles. The number of methoxy groups -OCH3 is 1. The number of benzene rings is 1. The molecule has 0 aliphatic rings. The second kappa shape index (κ2) is 8.02. The summed E-state index contributed by atoms with van der Waals surface area (Å²) in [5, 5.41) is 2.17. The van der Waals surface area contributed by atoms with Gasteiger partial charge in [-0.05, 0) is 31.4 Å². The summed E-state index contributed by atoms with van der Waals surface area (Å²) in [4.78, 5) is 12.5. The average molecular weight is 312 g/mol. The number of nitrogen functional groups attached to an aromatic ring is 1. The molecule has 118 valence electrons. The van der Waals surface area contributed by atoms with E-state index in [-0.39, 0.29) is 5.91 Å². The highest BCUT2D eigenvalue weighted by Crippen LogP contribution is 2.26. The Morgan fingerprint density at radius 1 is 1.38 bits per heavy atom. The average Bonchev–Trinajstić information content (AvgIpc) is 2.45. The van der Waals surface area contributed by atoms with Gasteiger partial charge in [0.25, 0.3) is 0 Å². The molecule has 0 fully saturated rings.